The standard InChI is InChI=1S/C15H18INO4/c1-2-21-15(20)12-5-3-4-8-17(12)14(19)11-9-10(16)6-7-13(11)18/h6-7,9,12,18H,2-5,8H2,1H3. The molecule has 5 nitrogen and oxygen atoms in total. The summed E-state index contributed by atoms with van der Waals surface area (Å²) in [7, 11) is 0. The summed E-state index contributed by atoms with van der Waals surface area (Å²) in [5.74, 6) is -0.743. The molecular formula is C15H18INO4. The summed E-state index contributed by atoms with van der Waals surface area (Å²) in [4.78, 5) is 26.2. The molecule has 1 saturated heterocycles. The predicted molar refractivity (Wildman–Crippen MR) is 86.1 cm³/mol. The van der Waals surface area contributed by atoms with E-state index in [0.29, 0.717) is 19.6 Å². The van der Waals surface area contributed by atoms with Crippen molar-refractivity contribution in [1.82, 2.24) is 4.90 Å². The zero-order chi connectivity index (χ0) is 15.4. The topological polar surface area (TPSA) is 66.8 Å². The third kappa shape index (κ3) is 3.66. The quantitative estimate of drug-likeness (QED) is 0.623. The number of piperidine rings is 1. The fourth-order valence-electron chi connectivity index (χ4n) is 2.49. The van der Waals surface area contributed by atoms with E-state index < -0.39 is 6.04 Å². The molecule has 0 aromatic heterocycles. The Kier molecular flexibility index (Phi) is 5.44. The molecule has 0 aliphatic carbocycles. The number of likely N-dealkylation sites (tertiary alicyclic amines) is 1. The lowest BCUT2D eigenvalue weighted by Gasteiger charge is -2.34. The zero-order valence-electron chi connectivity index (χ0n) is 11.8. The van der Waals surface area contributed by atoms with Gasteiger partial charge in [0.1, 0.15) is 11.8 Å². The Hall–Kier alpha value is -1.31. The van der Waals surface area contributed by atoms with Crippen LogP contribution in [-0.4, -0.2) is 41.1 Å². The third-order valence-corrected chi connectivity index (χ3v) is 4.18. The molecule has 1 aliphatic rings. The van der Waals surface area contributed by atoms with Gasteiger partial charge in [0.2, 0.25) is 0 Å². The molecule has 0 spiro atoms. The number of phenolic OH excluding ortho intramolecular Hbond substituents is 1. The van der Waals surface area contributed by atoms with Crippen molar-refractivity contribution < 1.29 is 19.4 Å². The first kappa shape index (κ1) is 16.1. The lowest BCUT2D eigenvalue weighted by atomic mass is 10.0. The van der Waals surface area contributed by atoms with Crippen LogP contribution in [0.3, 0.4) is 0 Å². The van der Waals surface area contributed by atoms with E-state index in [1.165, 1.54) is 11.0 Å². The van der Waals surface area contributed by atoms with Crippen LogP contribution >= 0.6 is 22.6 Å². The molecule has 1 fully saturated rings. The Morgan fingerprint density at radius 1 is 1.43 bits per heavy atom. The first-order valence-electron chi connectivity index (χ1n) is 7.00. The Labute approximate surface area is 137 Å². The normalized spacial score (nSPS) is 18.4. The van der Waals surface area contributed by atoms with Crippen molar-refractivity contribution in [3.63, 3.8) is 0 Å². The minimum Gasteiger partial charge on any atom is -0.507 e. The van der Waals surface area contributed by atoms with Gasteiger partial charge < -0.3 is 14.7 Å². The maximum Gasteiger partial charge on any atom is 0.328 e. The number of halogens is 1. The van der Waals surface area contributed by atoms with Gasteiger partial charge in [-0.2, -0.15) is 0 Å². The molecule has 1 amide bonds. The molecule has 1 aromatic carbocycles. The number of carbonyl (C=O) groups is 2. The molecular weight excluding hydrogens is 385 g/mol. The highest BCUT2D eigenvalue weighted by Crippen LogP contribution is 2.26. The number of rotatable bonds is 3. The van der Waals surface area contributed by atoms with Crippen LogP contribution in [0.1, 0.15) is 36.5 Å². The molecule has 1 heterocycles. The summed E-state index contributed by atoms with van der Waals surface area (Å²) in [6, 6.07) is 4.31. The molecule has 114 valence electrons. The van der Waals surface area contributed by atoms with Crippen molar-refractivity contribution in [1.29, 1.82) is 0 Å². The Morgan fingerprint density at radius 2 is 2.19 bits per heavy atom. The van der Waals surface area contributed by atoms with Gasteiger partial charge in [0, 0.05) is 10.1 Å². The van der Waals surface area contributed by atoms with Gasteiger partial charge >= 0.3 is 5.97 Å². The van der Waals surface area contributed by atoms with Crippen molar-refractivity contribution in [2.75, 3.05) is 13.2 Å². The van der Waals surface area contributed by atoms with E-state index in [1.807, 2.05) is 0 Å². The zero-order valence-corrected chi connectivity index (χ0v) is 14.0. The van der Waals surface area contributed by atoms with Gasteiger partial charge in [-0.3, -0.25) is 4.79 Å². The molecule has 0 bridgehead atoms. The maximum atomic E-state index is 12.6. The third-order valence-electron chi connectivity index (χ3n) is 3.51. The van der Waals surface area contributed by atoms with Crippen molar-refractivity contribution in [2.45, 2.75) is 32.2 Å². The Balaban J connectivity index is 2.26. The minimum atomic E-state index is -0.552. The summed E-state index contributed by atoms with van der Waals surface area (Å²) < 4.78 is 5.91. The van der Waals surface area contributed by atoms with E-state index in [9.17, 15) is 14.7 Å². The van der Waals surface area contributed by atoms with Crippen molar-refractivity contribution in [3.05, 3.63) is 27.3 Å². The smallest absolute Gasteiger partial charge is 0.328 e. The number of nitrogens with zero attached hydrogens (tertiary/aromatic N) is 1. The molecule has 1 unspecified atom stereocenters. The van der Waals surface area contributed by atoms with Crippen molar-refractivity contribution in [2.24, 2.45) is 0 Å². The number of amides is 1. The van der Waals surface area contributed by atoms with Crippen LogP contribution < -0.4 is 0 Å². The lowest BCUT2D eigenvalue weighted by Crippen LogP contribution is -2.48. The van der Waals surface area contributed by atoms with E-state index in [2.05, 4.69) is 22.6 Å². The number of benzene rings is 1. The highest BCUT2D eigenvalue weighted by atomic mass is 127. The van der Waals surface area contributed by atoms with Crippen molar-refractivity contribution >= 4 is 34.5 Å². The minimum absolute atomic E-state index is 0.0615. The molecule has 1 aliphatic heterocycles. The van der Waals surface area contributed by atoms with E-state index in [-0.39, 0.29) is 23.2 Å². The van der Waals surface area contributed by atoms with Crippen LogP contribution in [-0.2, 0) is 9.53 Å². The number of ether oxygens (including phenoxy) is 1. The van der Waals surface area contributed by atoms with Crippen LogP contribution in [0, 0.1) is 3.57 Å². The summed E-state index contributed by atoms with van der Waals surface area (Å²) in [6.45, 7) is 2.55. The molecule has 21 heavy (non-hydrogen) atoms. The maximum absolute atomic E-state index is 12.6. The molecule has 1 atom stereocenters. The van der Waals surface area contributed by atoms with Gasteiger partial charge in [-0.1, -0.05) is 0 Å². The molecule has 6 heteroatoms. The van der Waals surface area contributed by atoms with Gasteiger partial charge in [-0.25, -0.2) is 4.79 Å². The van der Waals surface area contributed by atoms with Crippen LogP contribution in [0.5, 0.6) is 5.75 Å². The van der Waals surface area contributed by atoms with Gasteiger partial charge in [0.15, 0.2) is 0 Å². The fourth-order valence-corrected chi connectivity index (χ4v) is 2.98. The molecule has 2 rings (SSSR count). The summed E-state index contributed by atoms with van der Waals surface area (Å²) in [6.07, 6.45) is 2.35. The summed E-state index contributed by atoms with van der Waals surface area (Å²) >= 11 is 2.08. The van der Waals surface area contributed by atoms with Crippen LogP contribution in [0.4, 0.5) is 0 Å². The van der Waals surface area contributed by atoms with E-state index in [0.717, 1.165) is 16.4 Å². The van der Waals surface area contributed by atoms with Crippen LogP contribution in [0.15, 0.2) is 18.2 Å². The fraction of sp³-hybridized carbons (Fsp3) is 0.467. The average molecular weight is 403 g/mol. The van der Waals surface area contributed by atoms with Crippen LogP contribution in [0.25, 0.3) is 0 Å². The number of hydrogen-bond acceptors (Lipinski definition) is 4. The summed E-state index contributed by atoms with van der Waals surface area (Å²) in [5, 5.41) is 9.90. The molecule has 1 N–H and O–H groups in total. The predicted octanol–water partition coefficient (Wildman–Crippen LogP) is 2.55. The van der Waals surface area contributed by atoms with Gasteiger partial charge in [-0.05, 0) is 67.0 Å². The number of carbonyl (C=O) groups excluding carboxylic acids is 2. The first-order valence-corrected chi connectivity index (χ1v) is 8.08. The van der Waals surface area contributed by atoms with Crippen LogP contribution in [0.2, 0.25) is 0 Å². The van der Waals surface area contributed by atoms with Gasteiger partial charge in [-0.15, -0.1) is 0 Å². The van der Waals surface area contributed by atoms with E-state index in [1.54, 1.807) is 19.1 Å². The SMILES string of the molecule is CCOC(=O)C1CCCCN1C(=O)c1cc(I)ccc1O. The van der Waals surface area contributed by atoms with Gasteiger partial charge in [0.25, 0.3) is 5.91 Å². The Morgan fingerprint density at radius 3 is 2.90 bits per heavy atom. The number of aromatic hydroxyl groups is 1. The van der Waals surface area contributed by atoms with E-state index in [4.69, 9.17) is 4.74 Å². The lowest BCUT2D eigenvalue weighted by molar-refractivity contribution is -0.149. The summed E-state index contributed by atoms with van der Waals surface area (Å²) in [5.41, 5.74) is 0.234. The van der Waals surface area contributed by atoms with Gasteiger partial charge in [0.05, 0.1) is 12.2 Å². The molecule has 0 radical (unpaired) electrons. The largest absolute Gasteiger partial charge is 0.507 e. The number of esters is 1. The second-order valence-corrected chi connectivity index (χ2v) is 6.17. The molecule has 0 saturated carbocycles. The molecule has 1 aromatic rings. The second kappa shape index (κ2) is 7.11. The number of hydrogen-bond donors (Lipinski definition) is 1. The Bertz CT molecular complexity index is 546. The van der Waals surface area contributed by atoms with Crippen molar-refractivity contribution in [3.8, 4) is 5.75 Å². The first-order chi connectivity index (χ1) is 10.0. The number of phenols is 1. The highest BCUT2D eigenvalue weighted by Gasteiger charge is 2.34. The highest BCUT2D eigenvalue weighted by molar-refractivity contribution is 14.1. The van der Waals surface area contributed by atoms with E-state index >= 15 is 0 Å². The second-order valence-electron chi connectivity index (χ2n) is 4.92. The monoisotopic (exact) mass is 403 g/mol. The average Bonchev–Trinajstić information content (AvgIpc) is 2.49.